The SMILES string of the molecule is CCCN(CC)C(C)(C)C#Cc1cc2ncnc(Nc3ccc(F)c(Cl)c3)c2cc1NS(C)(=O)=O. The first kappa shape index (κ1) is 26.7. The first-order valence-corrected chi connectivity index (χ1v) is 13.5. The third-order valence-corrected chi connectivity index (χ3v) is 6.30. The fourth-order valence-corrected chi connectivity index (χ4v) is 4.45. The lowest BCUT2D eigenvalue weighted by molar-refractivity contribution is 0.179. The average Bonchev–Trinajstić information content (AvgIpc) is 2.78. The highest BCUT2D eigenvalue weighted by molar-refractivity contribution is 7.92. The number of nitrogens with zero attached hydrogens (tertiary/aromatic N) is 3. The van der Waals surface area contributed by atoms with Gasteiger partial charge in [0.05, 0.1) is 33.6 Å². The van der Waals surface area contributed by atoms with Crippen LogP contribution in [0.25, 0.3) is 10.9 Å². The zero-order valence-corrected chi connectivity index (χ0v) is 22.0. The summed E-state index contributed by atoms with van der Waals surface area (Å²) >= 11 is 5.90. The Morgan fingerprint density at radius 3 is 2.54 bits per heavy atom. The molecule has 7 nitrogen and oxygen atoms in total. The minimum atomic E-state index is -3.58. The summed E-state index contributed by atoms with van der Waals surface area (Å²) in [6, 6.07) is 7.59. The van der Waals surface area contributed by atoms with E-state index in [0.29, 0.717) is 33.7 Å². The second-order valence-electron chi connectivity index (χ2n) is 8.65. The molecule has 0 aliphatic heterocycles. The molecule has 10 heteroatoms. The third-order valence-electron chi connectivity index (χ3n) is 5.42. The van der Waals surface area contributed by atoms with Crippen molar-refractivity contribution in [1.29, 1.82) is 0 Å². The van der Waals surface area contributed by atoms with E-state index in [9.17, 15) is 12.8 Å². The van der Waals surface area contributed by atoms with Crippen LogP contribution in [0, 0.1) is 17.7 Å². The van der Waals surface area contributed by atoms with Crippen LogP contribution in [0.2, 0.25) is 5.02 Å². The molecular weight excluding hydrogens is 489 g/mol. The number of halogens is 2. The van der Waals surface area contributed by atoms with E-state index in [2.05, 4.69) is 50.6 Å². The Kier molecular flexibility index (Phi) is 8.21. The number of sulfonamides is 1. The number of nitrogens with one attached hydrogen (secondary N) is 2. The van der Waals surface area contributed by atoms with Gasteiger partial charge in [0.2, 0.25) is 10.0 Å². The molecule has 1 heterocycles. The van der Waals surface area contributed by atoms with Crippen LogP contribution >= 0.6 is 11.6 Å². The summed E-state index contributed by atoms with van der Waals surface area (Å²) in [5, 5.41) is 3.63. The zero-order valence-electron chi connectivity index (χ0n) is 20.4. The van der Waals surface area contributed by atoms with Crippen LogP contribution in [0.3, 0.4) is 0 Å². The fraction of sp³-hybridized carbons (Fsp3) is 0.360. The molecule has 3 aromatic rings. The number of aromatic nitrogens is 2. The van der Waals surface area contributed by atoms with Gasteiger partial charge in [-0.1, -0.05) is 37.3 Å². The highest BCUT2D eigenvalue weighted by Gasteiger charge is 2.22. The van der Waals surface area contributed by atoms with Gasteiger partial charge in [0, 0.05) is 11.1 Å². The molecule has 0 aliphatic carbocycles. The molecule has 0 fully saturated rings. The highest BCUT2D eigenvalue weighted by Crippen LogP contribution is 2.30. The monoisotopic (exact) mass is 517 g/mol. The summed E-state index contributed by atoms with van der Waals surface area (Å²) in [4.78, 5) is 10.9. The predicted octanol–water partition coefficient (Wildman–Crippen LogP) is 5.40. The van der Waals surface area contributed by atoms with Crippen molar-refractivity contribution in [3.63, 3.8) is 0 Å². The number of hydrogen-bond acceptors (Lipinski definition) is 6. The lowest BCUT2D eigenvalue weighted by atomic mass is 10.0. The van der Waals surface area contributed by atoms with Crippen molar-refractivity contribution in [2.24, 2.45) is 0 Å². The summed E-state index contributed by atoms with van der Waals surface area (Å²) in [6.07, 6.45) is 3.47. The fourth-order valence-electron chi connectivity index (χ4n) is 3.70. The van der Waals surface area contributed by atoms with E-state index in [-0.39, 0.29) is 5.02 Å². The van der Waals surface area contributed by atoms with Crippen molar-refractivity contribution in [2.45, 2.75) is 39.7 Å². The Balaban J connectivity index is 2.11. The van der Waals surface area contributed by atoms with Gasteiger partial charge in [-0.15, -0.1) is 0 Å². The molecule has 0 saturated heterocycles. The molecule has 2 N–H and O–H groups in total. The Labute approximate surface area is 211 Å². The number of anilines is 3. The Morgan fingerprint density at radius 1 is 1.17 bits per heavy atom. The highest BCUT2D eigenvalue weighted by atomic mass is 35.5. The van der Waals surface area contributed by atoms with Gasteiger partial charge >= 0.3 is 0 Å². The van der Waals surface area contributed by atoms with E-state index in [0.717, 1.165) is 25.8 Å². The maximum absolute atomic E-state index is 13.6. The molecule has 0 bridgehead atoms. The number of fused-ring (bicyclic) bond motifs is 1. The van der Waals surface area contributed by atoms with E-state index < -0.39 is 21.4 Å². The van der Waals surface area contributed by atoms with Crippen molar-refractivity contribution in [3.8, 4) is 11.8 Å². The Hall–Kier alpha value is -2.93. The molecule has 0 saturated carbocycles. The van der Waals surface area contributed by atoms with Crippen LogP contribution in [0.5, 0.6) is 0 Å². The summed E-state index contributed by atoms with van der Waals surface area (Å²) < 4.78 is 40.3. The maximum Gasteiger partial charge on any atom is 0.229 e. The Morgan fingerprint density at radius 2 is 1.91 bits per heavy atom. The van der Waals surface area contributed by atoms with Crippen molar-refractivity contribution in [2.75, 3.05) is 29.4 Å². The van der Waals surface area contributed by atoms with Crippen LogP contribution in [0.4, 0.5) is 21.6 Å². The van der Waals surface area contributed by atoms with Crippen LogP contribution < -0.4 is 10.0 Å². The molecule has 35 heavy (non-hydrogen) atoms. The lowest BCUT2D eigenvalue weighted by Crippen LogP contribution is -2.43. The standard InChI is InChI=1S/C25H29ClFN5O2S/c1-6-12-32(7-2)25(3,4)11-10-17-13-23-19(15-22(17)31-35(5,33)34)24(29-16-28-23)30-18-8-9-21(27)20(26)14-18/h8-9,13-16,31H,6-7,12H2,1-5H3,(H,28,29,30). The molecule has 2 aromatic carbocycles. The Bertz CT molecular complexity index is 1400. The largest absolute Gasteiger partial charge is 0.340 e. The van der Waals surface area contributed by atoms with Gasteiger partial charge < -0.3 is 5.32 Å². The molecule has 0 radical (unpaired) electrons. The van der Waals surface area contributed by atoms with Gasteiger partial charge in [0.25, 0.3) is 0 Å². The maximum atomic E-state index is 13.6. The summed E-state index contributed by atoms with van der Waals surface area (Å²) in [6.45, 7) is 10.0. The van der Waals surface area contributed by atoms with Crippen LogP contribution in [-0.4, -0.2) is 48.2 Å². The number of hydrogen-bond donors (Lipinski definition) is 2. The van der Waals surface area contributed by atoms with E-state index in [4.69, 9.17) is 11.6 Å². The zero-order chi connectivity index (χ0) is 25.8. The molecule has 0 atom stereocenters. The smallest absolute Gasteiger partial charge is 0.229 e. The van der Waals surface area contributed by atoms with Gasteiger partial charge in [-0.3, -0.25) is 9.62 Å². The molecular formula is C25H29ClFN5O2S. The first-order valence-electron chi connectivity index (χ1n) is 11.2. The van der Waals surface area contributed by atoms with Crippen molar-refractivity contribution in [3.05, 3.63) is 53.1 Å². The molecule has 0 unspecified atom stereocenters. The van der Waals surface area contributed by atoms with Crippen LogP contribution in [0.1, 0.15) is 39.7 Å². The van der Waals surface area contributed by atoms with Crippen molar-refractivity contribution in [1.82, 2.24) is 14.9 Å². The minimum Gasteiger partial charge on any atom is -0.340 e. The quantitative estimate of drug-likeness (QED) is 0.389. The average molecular weight is 518 g/mol. The van der Waals surface area contributed by atoms with E-state index >= 15 is 0 Å². The molecule has 1 aromatic heterocycles. The van der Waals surface area contributed by atoms with E-state index in [1.165, 1.54) is 24.5 Å². The first-order chi connectivity index (χ1) is 16.4. The minimum absolute atomic E-state index is 0.0304. The van der Waals surface area contributed by atoms with Crippen molar-refractivity contribution >= 4 is 49.7 Å². The van der Waals surface area contributed by atoms with Gasteiger partial charge in [-0.2, -0.15) is 0 Å². The van der Waals surface area contributed by atoms with Crippen LogP contribution in [-0.2, 0) is 10.0 Å². The van der Waals surface area contributed by atoms with E-state index in [1.807, 2.05) is 13.8 Å². The topological polar surface area (TPSA) is 87.2 Å². The predicted molar refractivity (Wildman–Crippen MR) is 141 cm³/mol. The van der Waals surface area contributed by atoms with E-state index in [1.54, 1.807) is 12.1 Å². The third kappa shape index (κ3) is 6.82. The normalized spacial score (nSPS) is 11.9. The van der Waals surface area contributed by atoms with Crippen molar-refractivity contribution < 1.29 is 12.8 Å². The lowest BCUT2D eigenvalue weighted by Gasteiger charge is -2.33. The van der Waals surface area contributed by atoms with Crippen LogP contribution in [0.15, 0.2) is 36.7 Å². The molecule has 0 aliphatic rings. The molecule has 186 valence electrons. The summed E-state index contributed by atoms with van der Waals surface area (Å²) in [5.41, 5.74) is 1.49. The number of rotatable bonds is 8. The van der Waals surface area contributed by atoms with Gasteiger partial charge in [0.1, 0.15) is 18.0 Å². The molecule has 0 spiro atoms. The molecule has 0 amide bonds. The second kappa shape index (κ2) is 10.8. The second-order valence-corrected chi connectivity index (χ2v) is 10.8. The van der Waals surface area contributed by atoms with Gasteiger partial charge in [-0.05, 0) is 63.7 Å². The summed E-state index contributed by atoms with van der Waals surface area (Å²) in [7, 11) is -3.58. The number of benzene rings is 2. The van der Waals surface area contributed by atoms with Gasteiger partial charge in [0.15, 0.2) is 0 Å². The summed E-state index contributed by atoms with van der Waals surface area (Å²) in [5.74, 6) is 6.35. The van der Waals surface area contributed by atoms with Gasteiger partial charge in [-0.25, -0.2) is 22.8 Å². The molecule has 3 rings (SSSR count).